The van der Waals surface area contributed by atoms with Crippen molar-refractivity contribution < 1.29 is 14.7 Å². The lowest BCUT2D eigenvalue weighted by molar-refractivity contribution is -0.121. The predicted molar refractivity (Wildman–Crippen MR) is 78.7 cm³/mol. The summed E-state index contributed by atoms with van der Waals surface area (Å²) in [4.78, 5) is 23.2. The molecule has 1 amide bonds. The summed E-state index contributed by atoms with van der Waals surface area (Å²) in [7, 11) is 0. The van der Waals surface area contributed by atoms with E-state index in [0.717, 1.165) is 12.3 Å². The van der Waals surface area contributed by atoms with Crippen molar-refractivity contribution in [3.05, 3.63) is 28.2 Å². The second kappa shape index (κ2) is 5.20. The molecule has 3 rings (SSSR count). The molecular weight excluding hydrogens is 322 g/mol. The number of nitrogens with one attached hydrogen (secondary N) is 1. The van der Waals surface area contributed by atoms with Gasteiger partial charge in [0.25, 0.3) is 0 Å². The van der Waals surface area contributed by atoms with Gasteiger partial charge < -0.3 is 10.4 Å². The minimum Gasteiger partial charge on any atom is -0.478 e. The van der Waals surface area contributed by atoms with Gasteiger partial charge in [0.05, 0.1) is 11.3 Å². The van der Waals surface area contributed by atoms with E-state index in [0.29, 0.717) is 16.1 Å². The quantitative estimate of drug-likeness (QED) is 0.886. The van der Waals surface area contributed by atoms with Crippen LogP contribution < -0.4 is 5.32 Å². The molecule has 0 aliphatic heterocycles. The van der Waals surface area contributed by atoms with Crippen molar-refractivity contribution in [1.82, 2.24) is 0 Å². The first-order valence-electron chi connectivity index (χ1n) is 6.88. The highest BCUT2D eigenvalue weighted by Gasteiger charge is 2.43. The fraction of sp³-hybridized carbons (Fsp3) is 0.467. The average Bonchev–Trinajstić information content (AvgIpc) is 3.03. The standard InChI is InChI=1S/C15H16BrNO3/c16-12-7-10(15(19)20)3-4-13(12)17-14(18)11-6-8-1-2-9(11)5-8/h3-4,7-9,11H,1-2,5-6H2,(H,17,18)(H,19,20). The van der Waals surface area contributed by atoms with E-state index in [4.69, 9.17) is 5.11 Å². The van der Waals surface area contributed by atoms with Gasteiger partial charge in [0.1, 0.15) is 0 Å². The summed E-state index contributed by atoms with van der Waals surface area (Å²) >= 11 is 3.32. The van der Waals surface area contributed by atoms with E-state index in [9.17, 15) is 9.59 Å². The van der Waals surface area contributed by atoms with Gasteiger partial charge in [-0.05, 0) is 65.2 Å². The molecule has 4 nitrogen and oxygen atoms in total. The van der Waals surface area contributed by atoms with Crippen LogP contribution in [0.5, 0.6) is 0 Å². The fourth-order valence-electron chi connectivity index (χ4n) is 3.54. The van der Waals surface area contributed by atoms with Gasteiger partial charge in [-0.15, -0.1) is 0 Å². The van der Waals surface area contributed by atoms with Gasteiger partial charge in [-0.3, -0.25) is 4.79 Å². The third-order valence-electron chi connectivity index (χ3n) is 4.55. The van der Waals surface area contributed by atoms with Gasteiger partial charge in [0.15, 0.2) is 0 Å². The molecule has 2 aliphatic rings. The SMILES string of the molecule is O=C(O)c1ccc(NC(=O)C2CC3CCC2C3)c(Br)c1. The number of halogens is 1. The van der Waals surface area contributed by atoms with E-state index < -0.39 is 5.97 Å². The number of hydrogen-bond acceptors (Lipinski definition) is 2. The largest absolute Gasteiger partial charge is 0.478 e. The Morgan fingerprint density at radius 1 is 1.25 bits per heavy atom. The van der Waals surface area contributed by atoms with Crippen molar-refractivity contribution in [2.24, 2.45) is 17.8 Å². The summed E-state index contributed by atoms with van der Waals surface area (Å²) in [6, 6.07) is 4.65. The van der Waals surface area contributed by atoms with Crippen LogP contribution in [0.15, 0.2) is 22.7 Å². The first-order valence-corrected chi connectivity index (χ1v) is 7.67. The molecule has 2 bridgehead atoms. The summed E-state index contributed by atoms with van der Waals surface area (Å²) in [5.74, 6) is 0.489. The second-order valence-corrected chi connectivity index (χ2v) is 6.62. The van der Waals surface area contributed by atoms with Gasteiger partial charge in [0.2, 0.25) is 5.91 Å². The Morgan fingerprint density at radius 2 is 2.05 bits per heavy atom. The molecular formula is C15H16BrNO3. The van der Waals surface area contributed by atoms with Gasteiger partial charge in [-0.2, -0.15) is 0 Å². The monoisotopic (exact) mass is 337 g/mol. The third-order valence-corrected chi connectivity index (χ3v) is 5.20. The van der Waals surface area contributed by atoms with Crippen LogP contribution in [0.2, 0.25) is 0 Å². The van der Waals surface area contributed by atoms with Crippen LogP contribution in [0.1, 0.15) is 36.0 Å². The topological polar surface area (TPSA) is 66.4 Å². The van der Waals surface area contributed by atoms with Crippen LogP contribution in [-0.2, 0) is 4.79 Å². The van der Waals surface area contributed by atoms with Crippen molar-refractivity contribution in [3.8, 4) is 0 Å². The van der Waals surface area contributed by atoms with Crippen LogP contribution in [0.4, 0.5) is 5.69 Å². The molecule has 106 valence electrons. The number of carboxylic acid groups (broad SMARTS) is 1. The van der Waals surface area contributed by atoms with Crippen LogP contribution in [0.25, 0.3) is 0 Å². The molecule has 0 heterocycles. The predicted octanol–water partition coefficient (Wildman–Crippen LogP) is 3.52. The number of amides is 1. The zero-order chi connectivity index (χ0) is 14.3. The Morgan fingerprint density at radius 3 is 2.60 bits per heavy atom. The molecule has 20 heavy (non-hydrogen) atoms. The summed E-state index contributed by atoms with van der Waals surface area (Å²) < 4.78 is 0.605. The maximum absolute atomic E-state index is 12.3. The Hall–Kier alpha value is -1.36. The molecule has 3 unspecified atom stereocenters. The third kappa shape index (κ3) is 2.46. The van der Waals surface area contributed by atoms with Crippen LogP contribution >= 0.6 is 15.9 Å². The van der Waals surface area contributed by atoms with E-state index in [1.165, 1.54) is 31.4 Å². The van der Waals surface area contributed by atoms with Crippen molar-refractivity contribution in [2.45, 2.75) is 25.7 Å². The minimum absolute atomic E-state index is 0.0703. The van der Waals surface area contributed by atoms with Crippen molar-refractivity contribution in [1.29, 1.82) is 0 Å². The molecule has 3 atom stereocenters. The number of aromatic carboxylic acids is 1. The summed E-state index contributed by atoms with van der Waals surface area (Å²) in [5, 5.41) is 11.8. The van der Waals surface area contributed by atoms with Crippen molar-refractivity contribution in [3.63, 3.8) is 0 Å². The zero-order valence-corrected chi connectivity index (χ0v) is 12.5. The lowest BCUT2D eigenvalue weighted by Crippen LogP contribution is -2.27. The smallest absolute Gasteiger partial charge is 0.335 e. The number of benzene rings is 1. The van der Waals surface area contributed by atoms with Gasteiger partial charge in [-0.1, -0.05) is 6.42 Å². The first-order chi connectivity index (χ1) is 9.54. The Kier molecular flexibility index (Phi) is 3.54. The highest BCUT2D eigenvalue weighted by Crippen LogP contribution is 2.48. The number of fused-ring (bicyclic) bond motifs is 2. The molecule has 2 saturated carbocycles. The zero-order valence-electron chi connectivity index (χ0n) is 10.9. The molecule has 0 aromatic heterocycles. The van der Waals surface area contributed by atoms with E-state index >= 15 is 0 Å². The lowest BCUT2D eigenvalue weighted by Gasteiger charge is -2.21. The number of anilines is 1. The van der Waals surface area contributed by atoms with E-state index in [1.807, 2.05) is 0 Å². The number of carboxylic acids is 1. The molecule has 1 aromatic rings. The number of hydrogen-bond donors (Lipinski definition) is 2. The van der Waals surface area contributed by atoms with Crippen molar-refractivity contribution in [2.75, 3.05) is 5.32 Å². The van der Waals surface area contributed by atoms with Crippen LogP contribution in [-0.4, -0.2) is 17.0 Å². The van der Waals surface area contributed by atoms with Gasteiger partial charge in [-0.25, -0.2) is 4.79 Å². The van der Waals surface area contributed by atoms with Gasteiger partial charge >= 0.3 is 5.97 Å². The van der Waals surface area contributed by atoms with Crippen LogP contribution in [0.3, 0.4) is 0 Å². The maximum Gasteiger partial charge on any atom is 0.335 e. The van der Waals surface area contributed by atoms with Crippen molar-refractivity contribution >= 4 is 33.5 Å². The van der Waals surface area contributed by atoms with Gasteiger partial charge in [0, 0.05) is 10.4 Å². The molecule has 0 spiro atoms. The Labute approximate surface area is 125 Å². The Bertz CT molecular complexity index is 572. The number of rotatable bonds is 3. The van der Waals surface area contributed by atoms with E-state index in [2.05, 4.69) is 21.2 Å². The maximum atomic E-state index is 12.3. The van der Waals surface area contributed by atoms with E-state index in [-0.39, 0.29) is 17.4 Å². The summed E-state index contributed by atoms with van der Waals surface area (Å²) in [5.41, 5.74) is 0.845. The number of carbonyl (C=O) groups excluding carboxylic acids is 1. The highest BCUT2D eigenvalue weighted by atomic mass is 79.9. The number of carbonyl (C=O) groups is 2. The fourth-order valence-corrected chi connectivity index (χ4v) is 4.02. The van der Waals surface area contributed by atoms with Crippen LogP contribution in [0, 0.1) is 17.8 Å². The Balaban J connectivity index is 1.71. The molecule has 5 heteroatoms. The second-order valence-electron chi connectivity index (χ2n) is 5.77. The molecule has 2 aliphatic carbocycles. The highest BCUT2D eigenvalue weighted by molar-refractivity contribution is 9.10. The molecule has 0 saturated heterocycles. The van der Waals surface area contributed by atoms with E-state index in [1.54, 1.807) is 6.07 Å². The first kappa shape index (κ1) is 13.6. The lowest BCUT2D eigenvalue weighted by atomic mass is 9.88. The molecule has 0 radical (unpaired) electrons. The summed E-state index contributed by atoms with van der Waals surface area (Å²) in [6.07, 6.45) is 4.63. The average molecular weight is 338 g/mol. The normalized spacial score (nSPS) is 27.6. The summed E-state index contributed by atoms with van der Waals surface area (Å²) in [6.45, 7) is 0. The molecule has 2 N–H and O–H groups in total. The minimum atomic E-state index is -0.975. The molecule has 1 aromatic carbocycles. The molecule has 2 fully saturated rings.